The first-order valence-corrected chi connectivity index (χ1v) is 6.11. The van der Waals surface area contributed by atoms with Crippen LogP contribution in [0.15, 0.2) is 15.8 Å². The summed E-state index contributed by atoms with van der Waals surface area (Å²) in [5.41, 5.74) is -1.01. The maximum atomic E-state index is 11.8. The van der Waals surface area contributed by atoms with Crippen molar-refractivity contribution in [2.24, 2.45) is 0 Å². The largest absolute Gasteiger partial charge is 0.394 e. The van der Waals surface area contributed by atoms with Crippen molar-refractivity contribution in [1.82, 2.24) is 14.9 Å². The van der Waals surface area contributed by atoms with Crippen LogP contribution in [0.25, 0.3) is 0 Å². The monoisotopic (exact) mass is 287 g/mol. The van der Waals surface area contributed by atoms with Crippen LogP contribution in [0.5, 0.6) is 0 Å². The fourth-order valence-corrected chi connectivity index (χ4v) is 2.14. The van der Waals surface area contributed by atoms with Crippen molar-refractivity contribution in [3.63, 3.8) is 0 Å². The molecule has 9 nitrogen and oxygen atoms in total. The molecule has 1 aliphatic heterocycles. The molecule has 4 atom stereocenters. The molecule has 20 heavy (non-hydrogen) atoms. The summed E-state index contributed by atoms with van der Waals surface area (Å²) in [5.74, 6) is 0. The molecule has 1 aliphatic rings. The number of hydrogen-bond donors (Lipinski definition) is 5. The second-order valence-electron chi connectivity index (χ2n) is 4.58. The van der Waals surface area contributed by atoms with Gasteiger partial charge >= 0.3 is 5.69 Å². The Morgan fingerprint density at radius 3 is 2.65 bits per heavy atom. The Hall–Kier alpha value is -1.52. The first-order valence-electron chi connectivity index (χ1n) is 6.11. The normalized spacial score (nSPS) is 29.8. The van der Waals surface area contributed by atoms with Gasteiger partial charge in [-0.3, -0.25) is 14.3 Å². The standard InChI is InChI=1S/C11H17N3O6/c1-12-2-5-3-14(11(19)13-9(5)18)10-8(17)7(16)6(4-15)20-10/h3,6-8,10,12,15-17H,2,4H2,1H3,(H,13,18,19)/t6-,7?,8+,10-/m1/s1. The number of rotatable bonds is 4. The van der Waals surface area contributed by atoms with Crippen molar-refractivity contribution in [2.75, 3.05) is 13.7 Å². The van der Waals surface area contributed by atoms with Gasteiger partial charge in [0.1, 0.15) is 18.3 Å². The quantitative estimate of drug-likeness (QED) is 0.395. The minimum absolute atomic E-state index is 0.227. The van der Waals surface area contributed by atoms with Gasteiger partial charge in [0.15, 0.2) is 6.23 Å². The number of aliphatic hydroxyl groups excluding tert-OH is 3. The third-order valence-electron chi connectivity index (χ3n) is 3.20. The van der Waals surface area contributed by atoms with E-state index in [0.717, 1.165) is 4.57 Å². The number of ether oxygens (including phenoxy) is 1. The number of nitrogens with zero attached hydrogens (tertiary/aromatic N) is 1. The van der Waals surface area contributed by atoms with Gasteiger partial charge in [-0.1, -0.05) is 0 Å². The molecule has 1 aromatic rings. The molecule has 1 fully saturated rings. The van der Waals surface area contributed by atoms with Crippen molar-refractivity contribution < 1.29 is 20.1 Å². The molecule has 0 aromatic carbocycles. The van der Waals surface area contributed by atoms with E-state index in [2.05, 4.69) is 10.3 Å². The van der Waals surface area contributed by atoms with Crippen molar-refractivity contribution in [3.8, 4) is 0 Å². The van der Waals surface area contributed by atoms with Crippen LogP contribution in [0.3, 0.4) is 0 Å². The number of H-pyrrole nitrogens is 1. The molecule has 112 valence electrons. The lowest BCUT2D eigenvalue weighted by molar-refractivity contribution is -0.0551. The molecule has 0 bridgehead atoms. The lowest BCUT2D eigenvalue weighted by Gasteiger charge is -2.17. The molecule has 1 unspecified atom stereocenters. The molecule has 2 heterocycles. The highest BCUT2D eigenvalue weighted by molar-refractivity contribution is 5.05. The van der Waals surface area contributed by atoms with Gasteiger partial charge in [0.25, 0.3) is 5.56 Å². The predicted molar refractivity (Wildman–Crippen MR) is 67.1 cm³/mol. The molecule has 0 amide bonds. The number of aromatic nitrogens is 2. The Kier molecular flexibility index (Phi) is 4.35. The average molecular weight is 287 g/mol. The molecule has 9 heteroatoms. The van der Waals surface area contributed by atoms with E-state index < -0.39 is 42.4 Å². The van der Waals surface area contributed by atoms with Crippen molar-refractivity contribution in [2.45, 2.75) is 31.1 Å². The van der Waals surface area contributed by atoms with Crippen LogP contribution >= 0.6 is 0 Å². The van der Waals surface area contributed by atoms with Crippen LogP contribution in [0.1, 0.15) is 11.8 Å². The summed E-state index contributed by atoms with van der Waals surface area (Å²) in [4.78, 5) is 25.5. The van der Waals surface area contributed by atoms with Gasteiger partial charge in [0, 0.05) is 18.3 Å². The van der Waals surface area contributed by atoms with Crippen LogP contribution in [-0.2, 0) is 11.3 Å². The van der Waals surface area contributed by atoms with E-state index in [1.807, 2.05) is 0 Å². The van der Waals surface area contributed by atoms with Crippen molar-refractivity contribution in [3.05, 3.63) is 32.6 Å². The van der Waals surface area contributed by atoms with Crippen molar-refractivity contribution >= 4 is 0 Å². The minimum atomic E-state index is -1.38. The Morgan fingerprint density at radius 2 is 2.10 bits per heavy atom. The van der Waals surface area contributed by atoms with Crippen molar-refractivity contribution in [1.29, 1.82) is 0 Å². The minimum Gasteiger partial charge on any atom is -0.394 e. The SMILES string of the molecule is CNCc1cn([C@@H]2O[C@H](CO)C(O)[C@@H]2O)c(=O)[nH]c1=O. The number of aromatic amines is 1. The van der Waals surface area contributed by atoms with Gasteiger partial charge in [-0.05, 0) is 7.05 Å². The van der Waals surface area contributed by atoms with Gasteiger partial charge in [-0.15, -0.1) is 0 Å². The topological polar surface area (TPSA) is 137 Å². The molecule has 2 rings (SSSR count). The van der Waals surface area contributed by atoms with Crippen LogP contribution in [0, 0.1) is 0 Å². The second kappa shape index (κ2) is 5.85. The lowest BCUT2D eigenvalue weighted by Crippen LogP contribution is -2.39. The molecule has 0 aliphatic carbocycles. The van der Waals surface area contributed by atoms with E-state index in [4.69, 9.17) is 9.84 Å². The molecule has 1 saturated heterocycles. The molecule has 0 radical (unpaired) electrons. The van der Waals surface area contributed by atoms with E-state index >= 15 is 0 Å². The summed E-state index contributed by atoms with van der Waals surface area (Å²) in [7, 11) is 1.64. The van der Waals surface area contributed by atoms with Gasteiger partial charge < -0.3 is 25.4 Å². The van der Waals surface area contributed by atoms with Gasteiger partial charge in [0.05, 0.1) is 6.61 Å². The zero-order chi connectivity index (χ0) is 14.9. The molecule has 0 spiro atoms. The summed E-state index contributed by atoms with van der Waals surface area (Å²) in [6, 6.07) is 0. The van der Waals surface area contributed by atoms with Crippen LogP contribution < -0.4 is 16.6 Å². The number of nitrogens with one attached hydrogen (secondary N) is 2. The lowest BCUT2D eigenvalue weighted by atomic mass is 10.1. The second-order valence-corrected chi connectivity index (χ2v) is 4.58. The molecule has 1 aromatic heterocycles. The summed E-state index contributed by atoms with van der Waals surface area (Å²) in [6.07, 6.45) is -3.57. The highest BCUT2D eigenvalue weighted by atomic mass is 16.6. The summed E-state index contributed by atoms with van der Waals surface area (Å²) in [6.45, 7) is -0.263. The van der Waals surface area contributed by atoms with E-state index in [0.29, 0.717) is 0 Å². The Morgan fingerprint density at radius 1 is 1.40 bits per heavy atom. The fourth-order valence-electron chi connectivity index (χ4n) is 2.14. The van der Waals surface area contributed by atoms with Gasteiger partial charge in [-0.2, -0.15) is 0 Å². The Bertz CT molecular complexity index is 582. The van der Waals surface area contributed by atoms with E-state index in [1.54, 1.807) is 7.05 Å². The van der Waals surface area contributed by atoms with E-state index in [9.17, 15) is 19.8 Å². The average Bonchev–Trinajstić information content (AvgIpc) is 2.70. The third-order valence-corrected chi connectivity index (χ3v) is 3.20. The van der Waals surface area contributed by atoms with Crippen LogP contribution in [-0.4, -0.2) is 56.8 Å². The fraction of sp³-hybridized carbons (Fsp3) is 0.636. The molecule has 0 saturated carbocycles. The van der Waals surface area contributed by atoms with Gasteiger partial charge in [0.2, 0.25) is 0 Å². The Labute approximate surface area is 113 Å². The maximum absolute atomic E-state index is 11.8. The highest BCUT2D eigenvalue weighted by Crippen LogP contribution is 2.27. The third kappa shape index (κ3) is 2.53. The number of hydrogen-bond acceptors (Lipinski definition) is 7. The zero-order valence-electron chi connectivity index (χ0n) is 10.8. The first kappa shape index (κ1) is 14.9. The first-order chi connectivity index (χ1) is 9.49. The van der Waals surface area contributed by atoms with Crippen LogP contribution in [0.2, 0.25) is 0 Å². The van der Waals surface area contributed by atoms with Crippen LogP contribution in [0.4, 0.5) is 0 Å². The summed E-state index contributed by atoms with van der Waals surface area (Å²) < 4.78 is 6.24. The summed E-state index contributed by atoms with van der Waals surface area (Å²) in [5, 5.41) is 31.3. The van der Waals surface area contributed by atoms with Gasteiger partial charge in [-0.25, -0.2) is 4.79 Å². The maximum Gasteiger partial charge on any atom is 0.330 e. The predicted octanol–water partition coefficient (Wildman–Crippen LogP) is -3.13. The highest BCUT2D eigenvalue weighted by Gasteiger charge is 2.43. The molecule has 5 N–H and O–H groups in total. The molecular weight excluding hydrogens is 270 g/mol. The van der Waals surface area contributed by atoms with E-state index in [1.165, 1.54) is 6.20 Å². The zero-order valence-corrected chi connectivity index (χ0v) is 10.8. The smallest absolute Gasteiger partial charge is 0.330 e. The molecular formula is C11H17N3O6. The Balaban J connectivity index is 2.40. The van der Waals surface area contributed by atoms with E-state index in [-0.39, 0.29) is 12.1 Å². The number of aliphatic hydroxyl groups is 3. The summed E-state index contributed by atoms with van der Waals surface area (Å²) >= 11 is 0.